The summed E-state index contributed by atoms with van der Waals surface area (Å²) in [4.78, 5) is 4.79. The van der Waals surface area contributed by atoms with Crippen LogP contribution in [0.5, 0.6) is 5.75 Å². The molecule has 0 radical (unpaired) electrons. The van der Waals surface area contributed by atoms with Crippen LogP contribution in [0.15, 0.2) is 53.0 Å². The van der Waals surface area contributed by atoms with Crippen LogP contribution in [0.25, 0.3) is 10.6 Å². The van der Waals surface area contributed by atoms with Gasteiger partial charge in [-0.2, -0.15) is 0 Å². The Morgan fingerprint density at radius 3 is 2.61 bits per heavy atom. The zero-order valence-corrected chi connectivity index (χ0v) is 20.0. The van der Waals surface area contributed by atoms with Gasteiger partial charge in [-0.25, -0.2) is 4.98 Å². The van der Waals surface area contributed by atoms with E-state index in [4.69, 9.17) is 9.72 Å². The summed E-state index contributed by atoms with van der Waals surface area (Å²) < 4.78 is 8.19. The largest absolute Gasteiger partial charge is 0.482 e. The van der Waals surface area contributed by atoms with Crippen molar-refractivity contribution in [3.8, 4) is 16.3 Å². The summed E-state index contributed by atoms with van der Waals surface area (Å²) in [6.07, 6.45) is -0.195. The van der Waals surface area contributed by atoms with Gasteiger partial charge < -0.3 is 9.30 Å². The lowest BCUT2D eigenvalue weighted by Gasteiger charge is -2.16. The van der Waals surface area contributed by atoms with Gasteiger partial charge >= 0.3 is 0 Å². The maximum absolute atomic E-state index is 6.19. The summed E-state index contributed by atoms with van der Waals surface area (Å²) in [5, 5.41) is 12.8. The smallest absolute Gasteiger partial charge is 0.191 e. The maximum atomic E-state index is 6.19. The lowest BCUT2D eigenvalue weighted by atomic mass is 10.1. The first-order valence-electron chi connectivity index (χ1n) is 10.2. The number of thiazole rings is 1. The molecule has 2 aromatic carbocycles. The molecule has 0 saturated carbocycles. The zero-order chi connectivity index (χ0) is 22.0. The van der Waals surface area contributed by atoms with Crippen molar-refractivity contribution in [2.24, 2.45) is 7.05 Å². The standard InChI is InChI=1S/C24H26N4OS2/c1-15-9-11-19(12-10-15)23-25-20(13-30-23)14-31-24-27-26-22(28(24)5)18(4)29-21-8-6-7-16(2)17(21)3/h6-13,18H,14H2,1-5H3. The first kappa shape index (κ1) is 21.6. The fourth-order valence-corrected chi connectivity index (χ4v) is 4.98. The van der Waals surface area contributed by atoms with Gasteiger partial charge in [0.2, 0.25) is 0 Å². The topological polar surface area (TPSA) is 52.8 Å². The molecule has 0 saturated heterocycles. The second-order valence-corrected chi connectivity index (χ2v) is 9.46. The van der Waals surface area contributed by atoms with E-state index in [0.717, 1.165) is 44.3 Å². The predicted octanol–water partition coefficient (Wildman–Crippen LogP) is 6.30. The number of aromatic nitrogens is 4. The van der Waals surface area contributed by atoms with E-state index in [0.29, 0.717) is 0 Å². The summed E-state index contributed by atoms with van der Waals surface area (Å²) in [5.74, 6) is 2.44. The summed E-state index contributed by atoms with van der Waals surface area (Å²) in [7, 11) is 1.99. The quantitative estimate of drug-likeness (QED) is 0.309. The molecule has 2 heterocycles. The third-order valence-corrected chi connectivity index (χ3v) is 7.28. The summed E-state index contributed by atoms with van der Waals surface area (Å²) in [6, 6.07) is 14.6. The summed E-state index contributed by atoms with van der Waals surface area (Å²) in [5.41, 5.74) is 5.83. The van der Waals surface area contributed by atoms with Gasteiger partial charge in [0.25, 0.3) is 0 Å². The number of aryl methyl sites for hydroxylation is 2. The van der Waals surface area contributed by atoms with Crippen LogP contribution in [0.1, 0.15) is 41.2 Å². The minimum absolute atomic E-state index is 0.195. The molecule has 7 heteroatoms. The van der Waals surface area contributed by atoms with Crippen molar-refractivity contribution in [1.82, 2.24) is 19.7 Å². The van der Waals surface area contributed by atoms with Crippen molar-refractivity contribution in [1.29, 1.82) is 0 Å². The molecule has 4 rings (SSSR count). The highest BCUT2D eigenvalue weighted by Crippen LogP contribution is 2.30. The number of nitrogens with zero attached hydrogens (tertiary/aromatic N) is 4. The SMILES string of the molecule is Cc1ccc(-c2nc(CSc3nnc(C(C)Oc4cccc(C)c4C)n3C)cs2)cc1. The Bertz CT molecular complexity index is 1180. The molecule has 0 spiro atoms. The van der Waals surface area contributed by atoms with E-state index >= 15 is 0 Å². The Morgan fingerprint density at radius 2 is 1.84 bits per heavy atom. The van der Waals surface area contributed by atoms with Crippen molar-refractivity contribution >= 4 is 23.1 Å². The van der Waals surface area contributed by atoms with Gasteiger partial charge in [-0.15, -0.1) is 21.5 Å². The van der Waals surface area contributed by atoms with E-state index in [1.54, 1.807) is 23.1 Å². The highest BCUT2D eigenvalue weighted by molar-refractivity contribution is 7.98. The van der Waals surface area contributed by atoms with Crippen LogP contribution in [0.3, 0.4) is 0 Å². The van der Waals surface area contributed by atoms with Gasteiger partial charge in [-0.3, -0.25) is 0 Å². The molecule has 5 nitrogen and oxygen atoms in total. The van der Waals surface area contributed by atoms with Crippen LogP contribution < -0.4 is 4.74 Å². The van der Waals surface area contributed by atoms with E-state index in [1.165, 1.54) is 11.1 Å². The average Bonchev–Trinajstić information content (AvgIpc) is 3.37. The first-order chi connectivity index (χ1) is 14.9. The van der Waals surface area contributed by atoms with Crippen LogP contribution >= 0.6 is 23.1 Å². The summed E-state index contributed by atoms with van der Waals surface area (Å²) in [6.45, 7) is 8.27. The predicted molar refractivity (Wildman–Crippen MR) is 128 cm³/mol. The first-order valence-corrected chi connectivity index (χ1v) is 12.1. The molecule has 0 N–H and O–H groups in total. The third-order valence-electron chi connectivity index (χ3n) is 5.29. The number of rotatable bonds is 7. The Hall–Kier alpha value is -2.64. The molecule has 0 aliphatic carbocycles. The molecule has 0 amide bonds. The fraction of sp³-hybridized carbons (Fsp3) is 0.292. The van der Waals surface area contributed by atoms with E-state index in [-0.39, 0.29) is 6.10 Å². The Labute approximate surface area is 191 Å². The van der Waals surface area contributed by atoms with Gasteiger partial charge in [0.1, 0.15) is 10.8 Å². The molecule has 1 atom stereocenters. The molecule has 31 heavy (non-hydrogen) atoms. The molecule has 160 valence electrons. The van der Waals surface area contributed by atoms with Crippen LogP contribution in [-0.2, 0) is 12.8 Å². The molecule has 0 aliphatic rings. The van der Waals surface area contributed by atoms with Gasteiger partial charge in [0, 0.05) is 23.7 Å². The monoisotopic (exact) mass is 450 g/mol. The van der Waals surface area contributed by atoms with Crippen molar-refractivity contribution in [3.63, 3.8) is 0 Å². The van der Waals surface area contributed by atoms with Crippen molar-refractivity contribution in [2.45, 2.75) is 44.7 Å². The van der Waals surface area contributed by atoms with E-state index in [2.05, 4.69) is 66.7 Å². The number of hydrogen-bond acceptors (Lipinski definition) is 6. The third kappa shape index (κ3) is 4.83. The fourth-order valence-electron chi connectivity index (χ4n) is 3.24. The number of ether oxygens (including phenoxy) is 1. The molecule has 0 fully saturated rings. The zero-order valence-electron chi connectivity index (χ0n) is 18.4. The Morgan fingerprint density at radius 1 is 1.06 bits per heavy atom. The lowest BCUT2D eigenvalue weighted by Crippen LogP contribution is -2.10. The Balaban J connectivity index is 1.42. The van der Waals surface area contributed by atoms with E-state index < -0.39 is 0 Å². The highest BCUT2D eigenvalue weighted by atomic mass is 32.2. The lowest BCUT2D eigenvalue weighted by molar-refractivity contribution is 0.210. The molecule has 1 unspecified atom stereocenters. The number of hydrogen-bond donors (Lipinski definition) is 0. The Kier molecular flexibility index (Phi) is 6.43. The molecular weight excluding hydrogens is 424 g/mol. The van der Waals surface area contributed by atoms with Gasteiger partial charge in [-0.05, 0) is 44.9 Å². The van der Waals surface area contributed by atoms with Crippen molar-refractivity contribution in [2.75, 3.05) is 0 Å². The van der Waals surface area contributed by atoms with Gasteiger partial charge in [0.05, 0.1) is 5.69 Å². The maximum Gasteiger partial charge on any atom is 0.191 e. The molecule has 4 aromatic rings. The second kappa shape index (κ2) is 9.24. The molecule has 0 bridgehead atoms. The minimum atomic E-state index is -0.195. The van der Waals surface area contributed by atoms with Gasteiger partial charge in [0.15, 0.2) is 17.1 Å². The normalized spacial score (nSPS) is 12.2. The number of benzene rings is 2. The van der Waals surface area contributed by atoms with Crippen LogP contribution in [0.4, 0.5) is 0 Å². The summed E-state index contributed by atoms with van der Waals surface area (Å²) >= 11 is 3.31. The van der Waals surface area contributed by atoms with Crippen LogP contribution in [0, 0.1) is 20.8 Å². The van der Waals surface area contributed by atoms with Crippen molar-refractivity contribution in [3.05, 3.63) is 76.1 Å². The molecular formula is C24H26N4OS2. The molecule has 2 aromatic heterocycles. The van der Waals surface area contributed by atoms with Crippen molar-refractivity contribution < 1.29 is 4.74 Å². The van der Waals surface area contributed by atoms with Crippen LogP contribution in [-0.4, -0.2) is 19.7 Å². The van der Waals surface area contributed by atoms with E-state index in [1.807, 2.05) is 30.7 Å². The molecule has 0 aliphatic heterocycles. The second-order valence-electron chi connectivity index (χ2n) is 7.66. The number of thioether (sulfide) groups is 1. The van der Waals surface area contributed by atoms with Crippen LogP contribution in [0.2, 0.25) is 0 Å². The highest BCUT2D eigenvalue weighted by Gasteiger charge is 2.18. The minimum Gasteiger partial charge on any atom is -0.482 e. The van der Waals surface area contributed by atoms with Gasteiger partial charge in [-0.1, -0.05) is 53.7 Å². The van der Waals surface area contributed by atoms with E-state index in [9.17, 15) is 0 Å². The average molecular weight is 451 g/mol.